The fourth-order valence-electron chi connectivity index (χ4n) is 2.53. The van der Waals surface area contributed by atoms with E-state index in [0.717, 1.165) is 16.5 Å². The average Bonchev–Trinajstić information content (AvgIpc) is 2.52. The fraction of sp³-hybridized carbons (Fsp3) is 0.471. The Hall–Kier alpha value is -1.69. The van der Waals surface area contributed by atoms with Crippen LogP contribution in [0.25, 0.3) is 10.9 Å². The summed E-state index contributed by atoms with van der Waals surface area (Å²) in [4.78, 5) is 4.54. The zero-order valence-electron chi connectivity index (χ0n) is 13.4. The first-order valence-corrected chi connectivity index (χ1v) is 7.39. The lowest BCUT2D eigenvalue weighted by atomic mass is 9.99. The second-order valence-corrected chi connectivity index (χ2v) is 5.67. The van der Waals surface area contributed by atoms with Crippen LogP contribution in [0.3, 0.4) is 0 Å². The number of fused-ring (bicyclic) bond motifs is 1. The molecule has 0 bridgehead atoms. The predicted molar refractivity (Wildman–Crippen MR) is 87.1 cm³/mol. The van der Waals surface area contributed by atoms with Crippen molar-refractivity contribution in [2.24, 2.45) is 0 Å². The molecule has 2 N–H and O–H groups in total. The molecule has 0 amide bonds. The van der Waals surface area contributed by atoms with Gasteiger partial charge in [-0.3, -0.25) is 0 Å². The molecule has 0 aliphatic carbocycles. The Bertz CT molecular complexity index is 610. The first kappa shape index (κ1) is 16.7. The molecule has 2 aromatic rings. The number of ether oxygens (including phenoxy) is 2. The second-order valence-electron chi connectivity index (χ2n) is 5.67. The van der Waals surface area contributed by atoms with E-state index in [4.69, 9.17) is 9.47 Å². The number of aliphatic hydroxyl groups excluding tert-OH is 1. The van der Waals surface area contributed by atoms with Crippen LogP contribution in [0.1, 0.15) is 18.9 Å². The number of pyridine rings is 1. The maximum absolute atomic E-state index is 9.24. The minimum absolute atomic E-state index is 0.111. The van der Waals surface area contributed by atoms with Gasteiger partial charge in [-0.25, -0.2) is 4.98 Å². The molecule has 22 heavy (non-hydrogen) atoms. The van der Waals surface area contributed by atoms with Crippen molar-refractivity contribution in [3.05, 3.63) is 35.9 Å². The first-order valence-electron chi connectivity index (χ1n) is 7.39. The van der Waals surface area contributed by atoms with E-state index < -0.39 is 0 Å². The highest BCUT2D eigenvalue weighted by Gasteiger charge is 2.23. The molecular weight excluding hydrogens is 280 g/mol. The van der Waals surface area contributed by atoms with Crippen LogP contribution < -0.4 is 10.1 Å². The Morgan fingerprint density at radius 3 is 2.73 bits per heavy atom. The number of hydrogen-bond donors (Lipinski definition) is 2. The number of methoxy groups -OCH3 is 2. The van der Waals surface area contributed by atoms with Crippen LogP contribution >= 0.6 is 0 Å². The summed E-state index contributed by atoms with van der Waals surface area (Å²) in [6.07, 6.45) is 0.615. The Balaban J connectivity index is 2.22. The molecule has 0 aliphatic rings. The number of benzene rings is 1. The molecule has 1 aromatic carbocycles. The largest absolute Gasteiger partial charge is 0.481 e. The van der Waals surface area contributed by atoms with Crippen LogP contribution in [0.2, 0.25) is 0 Å². The van der Waals surface area contributed by atoms with Crippen LogP contribution in [-0.2, 0) is 11.3 Å². The molecule has 2 rings (SSSR count). The van der Waals surface area contributed by atoms with E-state index in [-0.39, 0.29) is 12.1 Å². The highest BCUT2D eigenvalue weighted by atomic mass is 16.5. The van der Waals surface area contributed by atoms with Gasteiger partial charge in [0.15, 0.2) is 0 Å². The third-order valence-electron chi connectivity index (χ3n) is 3.79. The molecule has 1 unspecified atom stereocenters. The van der Waals surface area contributed by atoms with E-state index in [9.17, 15) is 5.11 Å². The molecular formula is C17H24N2O3. The lowest BCUT2D eigenvalue weighted by Crippen LogP contribution is -2.46. The minimum Gasteiger partial charge on any atom is -0.481 e. The number of nitrogens with one attached hydrogen (secondary N) is 1. The minimum atomic E-state index is -0.292. The summed E-state index contributed by atoms with van der Waals surface area (Å²) in [5.41, 5.74) is 1.61. The van der Waals surface area contributed by atoms with Gasteiger partial charge in [0, 0.05) is 36.8 Å². The van der Waals surface area contributed by atoms with Crippen molar-refractivity contribution < 1.29 is 14.6 Å². The predicted octanol–water partition coefficient (Wildman–Crippen LogP) is 2.12. The molecule has 0 saturated carbocycles. The molecule has 1 aromatic heterocycles. The first-order chi connectivity index (χ1) is 10.6. The van der Waals surface area contributed by atoms with E-state index in [2.05, 4.69) is 16.4 Å². The van der Waals surface area contributed by atoms with Crippen molar-refractivity contribution in [3.63, 3.8) is 0 Å². The van der Waals surface area contributed by atoms with Crippen LogP contribution in [0.5, 0.6) is 5.88 Å². The van der Waals surface area contributed by atoms with Gasteiger partial charge in [-0.2, -0.15) is 0 Å². The average molecular weight is 304 g/mol. The molecule has 0 saturated heterocycles. The van der Waals surface area contributed by atoms with Crippen molar-refractivity contribution in [2.75, 3.05) is 27.4 Å². The summed E-state index contributed by atoms with van der Waals surface area (Å²) < 4.78 is 10.7. The fourth-order valence-corrected chi connectivity index (χ4v) is 2.53. The SMILES string of the molecule is COCC(C)(CCO)NCc1cc2ccccc2nc1OC. The zero-order valence-corrected chi connectivity index (χ0v) is 13.4. The number of para-hydroxylation sites is 1. The van der Waals surface area contributed by atoms with Crippen LogP contribution in [0, 0.1) is 0 Å². The van der Waals surface area contributed by atoms with E-state index in [1.54, 1.807) is 14.2 Å². The summed E-state index contributed by atoms with van der Waals surface area (Å²) >= 11 is 0. The standard InChI is InChI=1S/C17H24N2O3/c1-17(8-9-20,12-21-2)18-11-14-10-13-6-4-5-7-15(13)19-16(14)22-3/h4-7,10,18,20H,8-9,11-12H2,1-3H3. The van der Waals surface area contributed by atoms with E-state index in [1.807, 2.05) is 31.2 Å². The normalized spacial score (nSPS) is 14.0. The van der Waals surface area contributed by atoms with Gasteiger partial charge in [0.25, 0.3) is 0 Å². The van der Waals surface area contributed by atoms with Crippen molar-refractivity contribution >= 4 is 10.9 Å². The smallest absolute Gasteiger partial charge is 0.218 e. The molecule has 0 spiro atoms. The monoisotopic (exact) mass is 304 g/mol. The number of hydrogen-bond acceptors (Lipinski definition) is 5. The quantitative estimate of drug-likeness (QED) is 0.782. The third kappa shape index (κ3) is 3.94. The maximum atomic E-state index is 9.24. The molecule has 0 fully saturated rings. The molecule has 5 heteroatoms. The maximum Gasteiger partial charge on any atom is 0.218 e. The third-order valence-corrected chi connectivity index (χ3v) is 3.79. The van der Waals surface area contributed by atoms with E-state index >= 15 is 0 Å². The van der Waals surface area contributed by atoms with E-state index in [0.29, 0.717) is 25.5 Å². The zero-order chi connectivity index (χ0) is 16.0. The number of aliphatic hydroxyl groups is 1. The van der Waals surface area contributed by atoms with Crippen molar-refractivity contribution in [1.82, 2.24) is 10.3 Å². The Labute approximate surface area is 131 Å². The number of rotatable bonds is 8. The molecule has 1 atom stereocenters. The Morgan fingerprint density at radius 1 is 1.27 bits per heavy atom. The van der Waals surface area contributed by atoms with Crippen molar-refractivity contribution in [1.29, 1.82) is 0 Å². The van der Waals surface area contributed by atoms with Gasteiger partial charge >= 0.3 is 0 Å². The summed E-state index contributed by atoms with van der Waals surface area (Å²) in [5, 5.41) is 13.8. The molecule has 120 valence electrons. The highest BCUT2D eigenvalue weighted by Crippen LogP contribution is 2.23. The van der Waals surface area contributed by atoms with Gasteiger partial charge < -0.3 is 19.9 Å². The molecule has 5 nitrogen and oxygen atoms in total. The van der Waals surface area contributed by atoms with Gasteiger partial charge in [0.2, 0.25) is 5.88 Å². The lowest BCUT2D eigenvalue weighted by Gasteiger charge is -2.30. The van der Waals surface area contributed by atoms with Crippen molar-refractivity contribution in [3.8, 4) is 5.88 Å². The summed E-state index contributed by atoms with van der Waals surface area (Å²) in [6, 6.07) is 10.0. The van der Waals surface area contributed by atoms with Crippen LogP contribution in [0.4, 0.5) is 0 Å². The Kier molecular flexibility index (Phi) is 5.71. The summed E-state index contributed by atoms with van der Waals surface area (Å²) in [5.74, 6) is 0.620. The molecule has 0 aliphatic heterocycles. The van der Waals surface area contributed by atoms with Crippen molar-refractivity contribution in [2.45, 2.75) is 25.4 Å². The van der Waals surface area contributed by atoms with Gasteiger partial charge in [-0.1, -0.05) is 18.2 Å². The van der Waals surface area contributed by atoms with Gasteiger partial charge in [0.1, 0.15) is 0 Å². The molecule has 1 heterocycles. The highest BCUT2D eigenvalue weighted by molar-refractivity contribution is 5.80. The van der Waals surface area contributed by atoms with Gasteiger partial charge in [-0.05, 0) is 25.5 Å². The van der Waals surface area contributed by atoms with Crippen LogP contribution in [-0.4, -0.2) is 43.1 Å². The summed E-state index contributed by atoms with van der Waals surface area (Å²) in [6.45, 7) is 3.27. The number of nitrogens with zero attached hydrogens (tertiary/aromatic N) is 1. The Morgan fingerprint density at radius 2 is 2.05 bits per heavy atom. The lowest BCUT2D eigenvalue weighted by molar-refractivity contribution is 0.0968. The number of aromatic nitrogens is 1. The molecule has 0 radical (unpaired) electrons. The van der Waals surface area contributed by atoms with E-state index in [1.165, 1.54) is 0 Å². The van der Waals surface area contributed by atoms with Gasteiger partial charge in [0.05, 0.1) is 19.2 Å². The second kappa shape index (κ2) is 7.54. The topological polar surface area (TPSA) is 63.6 Å². The van der Waals surface area contributed by atoms with Gasteiger partial charge in [-0.15, -0.1) is 0 Å². The summed E-state index contributed by atoms with van der Waals surface area (Å²) in [7, 11) is 3.29. The van der Waals surface area contributed by atoms with Crippen LogP contribution in [0.15, 0.2) is 30.3 Å².